The van der Waals surface area contributed by atoms with E-state index in [1.807, 2.05) is 54.2 Å². The molecule has 9 nitrogen and oxygen atoms in total. The number of nitrogens with two attached hydrogens (primary N) is 1. The Morgan fingerprint density at radius 3 is 2.84 bits per heavy atom. The highest BCUT2D eigenvalue weighted by atomic mass is 32.2. The van der Waals surface area contributed by atoms with E-state index < -0.39 is 0 Å². The molecule has 1 aliphatic carbocycles. The molecule has 32 heavy (non-hydrogen) atoms. The number of amides is 1. The summed E-state index contributed by atoms with van der Waals surface area (Å²) in [6, 6.07) is 10.0. The summed E-state index contributed by atoms with van der Waals surface area (Å²) in [5.41, 5.74) is 7.73. The normalized spacial score (nSPS) is 20.1. The zero-order chi connectivity index (χ0) is 22.1. The minimum atomic E-state index is 0.0190. The monoisotopic (exact) mass is 450 g/mol. The van der Waals surface area contributed by atoms with Crippen LogP contribution in [0.1, 0.15) is 30.8 Å². The van der Waals surface area contributed by atoms with Crippen molar-refractivity contribution >= 4 is 35.2 Å². The van der Waals surface area contributed by atoms with E-state index in [0.717, 1.165) is 53.0 Å². The fourth-order valence-electron chi connectivity index (χ4n) is 4.05. The first-order valence-electron chi connectivity index (χ1n) is 10.7. The van der Waals surface area contributed by atoms with Crippen LogP contribution in [0.25, 0.3) is 5.82 Å². The van der Waals surface area contributed by atoms with Gasteiger partial charge in [-0.1, -0.05) is 0 Å². The van der Waals surface area contributed by atoms with Crippen LogP contribution in [0.2, 0.25) is 0 Å². The topological polar surface area (TPSA) is 117 Å². The van der Waals surface area contributed by atoms with Gasteiger partial charge in [-0.15, -0.1) is 0 Å². The summed E-state index contributed by atoms with van der Waals surface area (Å²) in [4.78, 5) is 18.0. The Kier molecular flexibility index (Phi) is 5.62. The van der Waals surface area contributed by atoms with Crippen LogP contribution in [0.15, 0.2) is 53.8 Å². The molecule has 0 radical (unpaired) electrons. The second-order valence-corrected chi connectivity index (χ2v) is 9.36. The molecule has 166 valence electrons. The maximum atomic E-state index is 12.4. The average Bonchev–Trinajstić information content (AvgIpc) is 3.51. The van der Waals surface area contributed by atoms with Crippen molar-refractivity contribution in [2.75, 3.05) is 10.6 Å². The SMILES string of the molecule is Cc1cc(NC2=CN(Sc3ccc(NC(=O)C4CCC(N)C4)cc3)Cc3nccn32)n[nH]1. The van der Waals surface area contributed by atoms with Crippen molar-refractivity contribution in [2.45, 2.75) is 43.7 Å². The van der Waals surface area contributed by atoms with Gasteiger partial charge in [-0.3, -0.25) is 14.5 Å². The van der Waals surface area contributed by atoms with Gasteiger partial charge in [0.15, 0.2) is 5.82 Å². The summed E-state index contributed by atoms with van der Waals surface area (Å²) in [6.45, 7) is 2.63. The van der Waals surface area contributed by atoms with Crippen LogP contribution in [0.5, 0.6) is 0 Å². The van der Waals surface area contributed by atoms with Crippen LogP contribution in [-0.4, -0.2) is 36.0 Å². The lowest BCUT2D eigenvalue weighted by molar-refractivity contribution is -0.119. The number of carbonyl (C=O) groups excluding carboxylic acids is 1. The molecule has 2 aromatic heterocycles. The van der Waals surface area contributed by atoms with Gasteiger partial charge < -0.3 is 20.7 Å². The van der Waals surface area contributed by atoms with Gasteiger partial charge in [0.05, 0.1) is 12.7 Å². The van der Waals surface area contributed by atoms with E-state index >= 15 is 0 Å². The molecule has 2 unspecified atom stereocenters. The van der Waals surface area contributed by atoms with Gasteiger partial charge in [0.1, 0.15) is 11.6 Å². The van der Waals surface area contributed by atoms with Gasteiger partial charge in [-0.2, -0.15) is 5.10 Å². The van der Waals surface area contributed by atoms with E-state index in [2.05, 4.69) is 30.1 Å². The Hall–Kier alpha value is -3.24. The molecule has 2 aliphatic rings. The predicted molar refractivity (Wildman–Crippen MR) is 125 cm³/mol. The second-order valence-electron chi connectivity index (χ2n) is 8.24. The molecule has 3 heterocycles. The molecule has 1 fully saturated rings. The number of aryl methyl sites for hydroxylation is 1. The van der Waals surface area contributed by atoms with Crippen molar-refractivity contribution in [1.29, 1.82) is 0 Å². The summed E-state index contributed by atoms with van der Waals surface area (Å²) >= 11 is 1.61. The van der Waals surface area contributed by atoms with E-state index in [9.17, 15) is 4.79 Å². The lowest BCUT2D eigenvalue weighted by Crippen LogP contribution is -2.23. The highest BCUT2D eigenvalue weighted by molar-refractivity contribution is 7.97. The summed E-state index contributed by atoms with van der Waals surface area (Å²) in [7, 11) is 0. The Balaban J connectivity index is 1.25. The molecule has 5 N–H and O–H groups in total. The van der Waals surface area contributed by atoms with Crippen molar-refractivity contribution in [3.05, 3.63) is 60.4 Å². The molecule has 3 aromatic rings. The maximum Gasteiger partial charge on any atom is 0.227 e. The Bertz CT molecular complexity index is 1140. The van der Waals surface area contributed by atoms with Crippen LogP contribution in [-0.2, 0) is 11.3 Å². The molecular weight excluding hydrogens is 424 g/mol. The number of rotatable bonds is 6. The first-order valence-corrected chi connectivity index (χ1v) is 11.5. The number of nitrogens with one attached hydrogen (secondary N) is 3. The number of fused-ring (bicyclic) bond motifs is 1. The third-order valence-electron chi connectivity index (χ3n) is 5.69. The van der Waals surface area contributed by atoms with Crippen LogP contribution in [0, 0.1) is 12.8 Å². The molecule has 2 atom stereocenters. The van der Waals surface area contributed by atoms with E-state index in [1.54, 1.807) is 18.1 Å². The fraction of sp³-hybridized carbons (Fsp3) is 0.318. The minimum Gasteiger partial charge on any atom is -0.328 e. The number of hydrogen-bond acceptors (Lipinski definition) is 7. The number of nitrogens with zero attached hydrogens (tertiary/aromatic N) is 4. The van der Waals surface area contributed by atoms with E-state index in [4.69, 9.17) is 5.73 Å². The number of anilines is 2. The zero-order valence-electron chi connectivity index (χ0n) is 17.8. The Morgan fingerprint density at radius 2 is 2.12 bits per heavy atom. The fourth-order valence-corrected chi connectivity index (χ4v) is 4.91. The zero-order valence-corrected chi connectivity index (χ0v) is 18.6. The van der Waals surface area contributed by atoms with E-state index in [-0.39, 0.29) is 17.9 Å². The standard InChI is InChI=1S/C22H26N8OS/c1-14-10-19(28-27-14)26-21-13-29(12-20-24-8-9-30(20)21)32-18-6-4-17(5-7-18)25-22(31)15-2-3-16(23)11-15/h4-10,13,15-16H,2-3,11-12,23H2,1H3,(H,25,31)(H2,26,27,28). The Morgan fingerprint density at radius 1 is 1.28 bits per heavy atom. The number of H-pyrrole nitrogens is 1. The highest BCUT2D eigenvalue weighted by Crippen LogP contribution is 2.31. The first kappa shape index (κ1) is 20.7. The van der Waals surface area contributed by atoms with Gasteiger partial charge in [0.25, 0.3) is 0 Å². The first-order chi connectivity index (χ1) is 15.5. The van der Waals surface area contributed by atoms with Crippen molar-refractivity contribution in [2.24, 2.45) is 11.7 Å². The van der Waals surface area contributed by atoms with Crippen LogP contribution in [0.3, 0.4) is 0 Å². The molecule has 1 aromatic carbocycles. The van der Waals surface area contributed by atoms with Crippen LogP contribution < -0.4 is 16.4 Å². The number of imidazole rings is 1. The third-order valence-corrected chi connectivity index (χ3v) is 6.64. The molecular formula is C22H26N8OS. The molecule has 0 bridgehead atoms. The second kappa shape index (κ2) is 8.71. The highest BCUT2D eigenvalue weighted by Gasteiger charge is 2.27. The number of benzene rings is 1. The summed E-state index contributed by atoms with van der Waals surface area (Å²) in [5, 5.41) is 13.6. The van der Waals surface area contributed by atoms with Crippen molar-refractivity contribution in [3.63, 3.8) is 0 Å². The van der Waals surface area contributed by atoms with Crippen LogP contribution in [0.4, 0.5) is 11.5 Å². The van der Waals surface area contributed by atoms with Gasteiger partial charge >= 0.3 is 0 Å². The number of aromatic amines is 1. The molecule has 1 amide bonds. The molecule has 5 rings (SSSR count). The predicted octanol–water partition coefficient (Wildman–Crippen LogP) is 3.37. The molecule has 1 aliphatic heterocycles. The van der Waals surface area contributed by atoms with Gasteiger partial charge in [-0.25, -0.2) is 4.98 Å². The average molecular weight is 451 g/mol. The van der Waals surface area contributed by atoms with Crippen molar-refractivity contribution in [3.8, 4) is 0 Å². The minimum absolute atomic E-state index is 0.0190. The third kappa shape index (κ3) is 4.51. The summed E-state index contributed by atoms with van der Waals surface area (Å²) in [6.07, 6.45) is 8.33. The maximum absolute atomic E-state index is 12.4. The quantitative estimate of drug-likeness (QED) is 0.425. The molecule has 0 saturated heterocycles. The lowest BCUT2D eigenvalue weighted by Gasteiger charge is -2.26. The number of carbonyl (C=O) groups is 1. The van der Waals surface area contributed by atoms with Gasteiger partial charge in [0, 0.05) is 46.7 Å². The smallest absolute Gasteiger partial charge is 0.227 e. The summed E-state index contributed by atoms with van der Waals surface area (Å²) < 4.78 is 4.15. The van der Waals surface area contributed by atoms with Crippen LogP contribution >= 0.6 is 11.9 Å². The van der Waals surface area contributed by atoms with Gasteiger partial charge in [0.2, 0.25) is 5.91 Å². The van der Waals surface area contributed by atoms with Crippen molar-refractivity contribution in [1.82, 2.24) is 24.1 Å². The molecule has 10 heteroatoms. The number of hydrogen-bond donors (Lipinski definition) is 4. The molecule has 0 spiro atoms. The number of aromatic nitrogens is 4. The largest absolute Gasteiger partial charge is 0.328 e. The Labute approximate surface area is 190 Å². The van der Waals surface area contributed by atoms with E-state index in [0.29, 0.717) is 6.54 Å². The summed E-state index contributed by atoms with van der Waals surface area (Å²) in [5.74, 6) is 2.65. The molecule has 1 saturated carbocycles. The lowest BCUT2D eigenvalue weighted by atomic mass is 10.1. The van der Waals surface area contributed by atoms with Crippen molar-refractivity contribution < 1.29 is 4.79 Å². The van der Waals surface area contributed by atoms with Gasteiger partial charge in [-0.05, 0) is 62.4 Å². The van der Waals surface area contributed by atoms with E-state index in [1.165, 1.54) is 0 Å².